The molecular formula is C15H28N2O3. The molecule has 2 N–H and O–H groups in total. The number of aliphatic hydroxyl groups excluding tert-OH is 2. The normalized spacial score (nSPS) is 27.9. The maximum atomic E-state index is 11.6. The van der Waals surface area contributed by atoms with Gasteiger partial charge in [-0.2, -0.15) is 0 Å². The molecule has 2 saturated heterocycles. The van der Waals surface area contributed by atoms with E-state index in [9.17, 15) is 15.0 Å². The van der Waals surface area contributed by atoms with Gasteiger partial charge in [-0.15, -0.1) is 0 Å². The van der Waals surface area contributed by atoms with Crippen LogP contribution in [0.1, 0.15) is 45.4 Å². The van der Waals surface area contributed by atoms with E-state index in [0.29, 0.717) is 19.5 Å². The van der Waals surface area contributed by atoms with E-state index in [1.54, 1.807) is 4.90 Å². The van der Waals surface area contributed by atoms with Crippen LogP contribution in [0, 0.1) is 0 Å². The van der Waals surface area contributed by atoms with E-state index in [4.69, 9.17) is 0 Å². The fraction of sp³-hybridized carbons (Fsp3) is 0.933. The first-order chi connectivity index (χ1) is 9.61. The van der Waals surface area contributed by atoms with Gasteiger partial charge in [-0.05, 0) is 32.2 Å². The molecule has 0 unspecified atom stereocenters. The van der Waals surface area contributed by atoms with Crippen molar-refractivity contribution < 1.29 is 15.0 Å². The summed E-state index contributed by atoms with van der Waals surface area (Å²) in [6.45, 7) is 4.70. The molecule has 0 aliphatic carbocycles. The highest BCUT2D eigenvalue weighted by Gasteiger charge is 2.30. The standard InChI is InChI=1S/C15H28N2O3/c1-2-14(19)13-6-3-4-8-16(13)10-12(18)11-17-9-5-7-15(17)20/h12-14,18-19H,2-11H2,1H3/t12-,13-,14-/m1/s1. The minimum Gasteiger partial charge on any atom is -0.392 e. The number of piperidine rings is 1. The lowest BCUT2D eigenvalue weighted by Gasteiger charge is -2.39. The van der Waals surface area contributed by atoms with Gasteiger partial charge < -0.3 is 15.1 Å². The van der Waals surface area contributed by atoms with E-state index in [2.05, 4.69) is 4.90 Å². The van der Waals surface area contributed by atoms with Crippen molar-refractivity contribution in [1.29, 1.82) is 0 Å². The van der Waals surface area contributed by atoms with Crippen LogP contribution >= 0.6 is 0 Å². The Bertz CT molecular complexity index is 324. The summed E-state index contributed by atoms with van der Waals surface area (Å²) < 4.78 is 0. The van der Waals surface area contributed by atoms with Crippen LogP contribution in [0.5, 0.6) is 0 Å². The van der Waals surface area contributed by atoms with Crippen LogP contribution in [-0.2, 0) is 4.79 Å². The second kappa shape index (κ2) is 7.38. The Balaban J connectivity index is 1.84. The largest absolute Gasteiger partial charge is 0.392 e. The van der Waals surface area contributed by atoms with Gasteiger partial charge in [0, 0.05) is 32.1 Å². The molecule has 0 spiro atoms. The molecule has 2 rings (SSSR count). The third kappa shape index (κ3) is 3.93. The first-order valence-electron chi connectivity index (χ1n) is 7.99. The zero-order chi connectivity index (χ0) is 14.5. The number of amides is 1. The van der Waals surface area contributed by atoms with Crippen molar-refractivity contribution >= 4 is 5.91 Å². The van der Waals surface area contributed by atoms with E-state index < -0.39 is 6.10 Å². The highest BCUT2D eigenvalue weighted by Crippen LogP contribution is 2.22. The number of nitrogens with zero attached hydrogens (tertiary/aromatic N) is 2. The highest BCUT2D eigenvalue weighted by atomic mass is 16.3. The van der Waals surface area contributed by atoms with Crippen molar-refractivity contribution in [1.82, 2.24) is 9.80 Å². The van der Waals surface area contributed by atoms with E-state index in [-0.39, 0.29) is 18.1 Å². The third-order valence-electron chi connectivity index (χ3n) is 4.57. The van der Waals surface area contributed by atoms with E-state index in [1.165, 1.54) is 0 Å². The van der Waals surface area contributed by atoms with Gasteiger partial charge in [-0.25, -0.2) is 0 Å². The lowest BCUT2D eigenvalue weighted by molar-refractivity contribution is -0.129. The second-order valence-corrected chi connectivity index (χ2v) is 6.13. The van der Waals surface area contributed by atoms with Gasteiger partial charge in [0.15, 0.2) is 0 Å². The number of β-amino-alcohol motifs (C(OH)–C–C–N with tert-alkyl or cyclic N) is 1. The van der Waals surface area contributed by atoms with Crippen molar-refractivity contribution in [3.05, 3.63) is 0 Å². The molecule has 116 valence electrons. The maximum absolute atomic E-state index is 11.6. The predicted molar refractivity (Wildman–Crippen MR) is 77.3 cm³/mol. The van der Waals surface area contributed by atoms with Crippen molar-refractivity contribution in [3.8, 4) is 0 Å². The minimum absolute atomic E-state index is 0.160. The van der Waals surface area contributed by atoms with Crippen molar-refractivity contribution in [2.75, 3.05) is 26.2 Å². The number of carbonyl (C=O) groups excluding carboxylic acids is 1. The predicted octanol–water partition coefficient (Wildman–Crippen LogP) is 0.595. The average molecular weight is 284 g/mol. The van der Waals surface area contributed by atoms with Crippen LogP contribution in [0.2, 0.25) is 0 Å². The number of aliphatic hydroxyl groups is 2. The van der Waals surface area contributed by atoms with Crippen LogP contribution < -0.4 is 0 Å². The van der Waals surface area contributed by atoms with Gasteiger partial charge in [0.2, 0.25) is 5.91 Å². The summed E-state index contributed by atoms with van der Waals surface area (Å²) in [7, 11) is 0. The molecule has 0 radical (unpaired) electrons. The molecule has 2 fully saturated rings. The lowest BCUT2D eigenvalue weighted by atomic mass is 9.95. The van der Waals surface area contributed by atoms with Gasteiger partial charge in [0.1, 0.15) is 0 Å². The summed E-state index contributed by atoms with van der Waals surface area (Å²) in [6.07, 6.45) is 4.74. The molecule has 0 aromatic heterocycles. The molecule has 5 nitrogen and oxygen atoms in total. The Kier molecular flexibility index (Phi) is 5.81. The first kappa shape index (κ1) is 15.7. The van der Waals surface area contributed by atoms with Crippen LogP contribution in [0.3, 0.4) is 0 Å². The summed E-state index contributed by atoms with van der Waals surface area (Å²) in [5.74, 6) is 0.160. The van der Waals surface area contributed by atoms with Crippen molar-refractivity contribution in [2.24, 2.45) is 0 Å². The SMILES string of the molecule is CC[C@@H](O)[C@H]1CCCCN1C[C@@H](O)CN1CCCC1=O. The topological polar surface area (TPSA) is 64.0 Å². The molecule has 2 heterocycles. The minimum atomic E-state index is -0.512. The summed E-state index contributed by atoms with van der Waals surface area (Å²) in [5.41, 5.74) is 0. The maximum Gasteiger partial charge on any atom is 0.222 e. The Hall–Kier alpha value is -0.650. The van der Waals surface area contributed by atoms with Gasteiger partial charge in [-0.3, -0.25) is 9.69 Å². The molecule has 0 aromatic rings. The number of likely N-dealkylation sites (tertiary alicyclic amines) is 2. The van der Waals surface area contributed by atoms with Gasteiger partial charge in [0.25, 0.3) is 0 Å². The average Bonchev–Trinajstić information content (AvgIpc) is 2.84. The molecule has 0 bridgehead atoms. The molecule has 2 aliphatic rings. The van der Waals surface area contributed by atoms with E-state index >= 15 is 0 Å². The molecule has 0 aromatic carbocycles. The number of hydrogen-bond acceptors (Lipinski definition) is 4. The fourth-order valence-electron chi connectivity index (χ4n) is 3.43. The van der Waals surface area contributed by atoms with Gasteiger partial charge in [-0.1, -0.05) is 13.3 Å². The molecule has 0 saturated carbocycles. The third-order valence-corrected chi connectivity index (χ3v) is 4.57. The number of rotatable bonds is 6. The smallest absolute Gasteiger partial charge is 0.222 e. The number of hydrogen-bond donors (Lipinski definition) is 2. The fourth-order valence-corrected chi connectivity index (χ4v) is 3.43. The molecule has 20 heavy (non-hydrogen) atoms. The lowest BCUT2D eigenvalue weighted by Crippen LogP contribution is -2.51. The Morgan fingerprint density at radius 2 is 2.00 bits per heavy atom. The van der Waals surface area contributed by atoms with Crippen LogP contribution in [0.25, 0.3) is 0 Å². The van der Waals surface area contributed by atoms with Crippen LogP contribution in [-0.4, -0.2) is 70.3 Å². The summed E-state index contributed by atoms with van der Waals surface area (Å²) >= 11 is 0. The summed E-state index contributed by atoms with van der Waals surface area (Å²) in [5, 5.41) is 20.3. The Labute approximate surface area is 121 Å². The van der Waals surface area contributed by atoms with Crippen molar-refractivity contribution in [2.45, 2.75) is 63.7 Å². The molecular weight excluding hydrogens is 256 g/mol. The zero-order valence-electron chi connectivity index (χ0n) is 12.5. The first-order valence-corrected chi connectivity index (χ1v) is 7.99. The molecule has 2 aliphatic heterocycles. The monoisotopic (exact) mass is 284 g/mol. The van der Waals surface area contributed by atoms with Crippen LogP contribution in [0.15, 0.2) is 0 Å². The van der Waals surface area contributed by atoms with Crippen molar-refractivity contribution in [3.63, 3.8) is 0 Å². The van der Waals surface area contributed by atoms with Gasteiger partial charge >= 0.3 is 0 Å². The number of carbonyl (C=O) groups is 1. The zero-order valence-corrected chi connectivity index (χ0v) is 12.5. The summed E-state index contributed by atoms with van der Waals surface area (Å²) in [4.78, 5) is 15.6. The summed E-state index contributed by atoms with van der Waals surface area (Å²) in [6, 6.07) is 0.165. The Morgan fingerprint density at radius 3 is 2.65 bits per heavy atom. The molecule has 1 amide bonds. The highest BCUT2D eigenvalue weighted by molar-refractivity contribution is 5.78. The quantitative estimate of drug-likeness (QED) is 0.749. The molecule has 3 atom stereocenters. The second-order valence-electron chi connectivity index (χ2n) is 6.13. The van der Waals surface area contributed by atoms with E-state index in [1.807, 2.05) is 6.92 Å². The van der Waals surface area contributed by atoms with E-state index in [0.717, 1.165) is 45.2 Å². The Morgan fingerprint density at radius 1 is 1.20 bits per heavy atom. The van der Waals surface area contributed by atoms with Gasteiger partial charge in [0.05, 0.1) is 12.2 Å². The van der Waals surface area contributed by atoms with Crippen LogP contribution in [0.4, 0.5) is 0 Å². The molecule has 5 heteroatoms.